The number of anilines is 1. The van der Waals surface area contributed by atoms with Crippen LogP contribution in [0.1, 0.15) is 65.5 Å². The predicted octanol–water partition coefficient (Wildman–Crippen LogP) is 5.74. The van der Waals surface area contributed by atoms with Crippen molar-refractivity contribution < 1.29 is 9.13 Å². The van der Waals surface area contributed by atoms with Crippen LogP contribution in [0.3, 0.4) is 0 Å². The van der Waals surface area contributed by atoms with Crippen LogP contribution in [0, 0.1) is 11.2 Å². The molecular weight excluding hydrogens is 455 g/mol. The Morgan fingerprint density at radius 3 is 2.56 bits per heavy atom. The molecule has 1 spiro atoms. The standard InChI is InChI=1S/C28H35FN6O/c1-18(2)25-22(12-30-16-32-25)21-10-19(29)6-7-23(21)36-24-13-31-17-33-26(24)35-14-28(15-35)9-8-20(11-28)34-27(3,4)5/h6-7,10,12-13,16-18,20,34H,8-9,11,14-15H2,1-5H3. The average Bonchev–Trinajstić information content (AvgIpc) is 3.22. The quantitative estimate of drug-likeness (QED) is 0.472. The zero-order valence-corrected chi connectivity index (χ0v) is 21.8. The van der Waals surface area contributed by atoms with E-state index in [0.717, 1.165) is 30.2 Å². The normalized spacial score (nSPS) is 19.1. The lowest BCUT2D eigenvalue weighted by Gasteiger charge is -2.49. The first kappa shape index (κ1) is 24.6. The van der Waals surface area contributed by atoms with Crippen molar-refractivity contribution in [3.63, 3.8) is 0 Å². The number of hydrogen-bond acceptors (Lipinski definition) is 7. The van der Waals surface area contributed by atoms with E-state index in [1.165, 1.54) is 37.7 Å². The summed E-state index contributed by atoms with van der Waals surface area (Å²) >= 11 is 0. The molecule has 1 N–H and O–H groups in total. The largest absolute Gasteiger partial charge is 0.451 e. The second-order valence-electron chi connectivity index (χ2n) is 11.6. The van der Waals surface area contributed by atoms with Crippen molar-refractivity contribution in [2.45, 2.75) is 71.4 Å². The molecule has 1 atom stereocenters. The Morgan fingerprint density at radius 1 is 1.06 bits per heavy atom. The lowest BCUT2D eigenvalue weighted by atomic mass is 9.78. The fraction of sp³-hybridized carbons (Fsp3) is 0.500. The van der Waals surface area contributed by atoms with Gasteiger partial charge in [-0.2, -0.15) is 0 Å². The van der Waals surface area contributed by atoms with Gasteiger partial charge in [0, 0.05) is 47.4 Å². The minimum atomic E-state index is -0.343. The molecule has 1 saturated heterocycles. The first-order valence-corrected chi connectivity index (χ1v) is 12.7. The smallest absolute Gasteiger partial charge is 0.188 e. The molecule has 1 aliphatic carbocycles. The molecule has 3 heterocycles. The molecule has 1 aliphatic heterocycles. The molecule has 7 nitrogen and oxygen atoms in total. The summed E-state index contributed by atoms with van der Waals surface area (Å²) in [6.07, 6.45) is 10.1. The van der Waals surface area contributed by atoms with Crippen LogP contribution in [0.2, 0.25) is 0 Å². The molecule has 8 heteroatoms. The van der Waals surface area contributed by atoms with Gasteiger partial charge in [-0.1, -0.05) is 13.8 Å². The summed E-state index contributed by atoms with van der Waals surface area (Å²) in [6.45, 7) is 12.7. The third-order valence-electron chi connectivity index (χ3n) is 7.09. The Morgan fingerprint density at radius 2 is 1.81 bits per heavy atom. The van der Waals surface area contributed by atoms with Gasteiger partial charge in [0.1, 0.15) is 24.2 Å². The average molecular weight is 491 g/mol. The molecule has 1 unspecified atom stereocenters. The third kappa shape index (κ3) is 5.05. The second-order valence-corrected chi connectivity index (χ2v) is 11.6. The third-order valence-corrected chi connectivity index (χ3v) is 7.09. The van der Waals surface area contributed by atoms with Gasteiger partial charge < -0.3 is 15.0 Å². The van der Waals surface area contributed by atoms with E-state index in [1.54, 1.807) is 24.8 Å². The van der Waals surface area contributed by atoms with Crippen molar-refractivity contribution in [1.29, 1.82) is 0 Å². The topological polar surface area (TPSA) is 76.1 Å². The number of nitrogens with zero attached hydrogens (tertiary/aromatic N) is 5. The van der Waals surface area contributed by atoms with Crippen molar-refractivity contribution in [3.05, 3.63) is 54.8 Å². The fourth-order valence-corrected chi connectivity index (χ4v) is 5.69. The van der Waals surface area contributed by atoms with Gasteiger partial charge in [0.15, 0.2) is 11.6 Å². The van der Waals surface area contributed by atoms with Crippen LogP contribution in [0.4, 0.5) is 10.2 Å². The van der Waals surface area contributed by atoms with Gasteiger partial charge in [0.05, 0.1) is 11.9 Å². The van der Waals surface area contributed by atoms with Crippen molar-refractivity contribution in [2.24, 2.45) is 5.41 Å². The minimum Gasteiger partial charge on any atom is -0.451 e. The molecule has 190 valence electrons. The monoisotopic (exact) mass is 490 g/mol. The lowest BCUT2D eigenvalue weighted by molar-refractivity contribution is 0.208. The number of hydrogen-bond donors (Lipinski definition) is 1. The molecule has 2 fully saturated rings. The van der Waals surface area contributed by atoms with E-state index < -0.39 is 0 Å². The summed E-state index contributed by atoms with van der Waals surface area (Å²) in [6, 6.07) is 5.08. The maximum absolute atomic E-state index is 14.3. The second kappa shape index (κ2) is 9.39. The number of aromatic nitrogens is 4. The summed E-state index contributed by atoms with van der Waals surface area (Å²) < 4.78 is 20.7. The van der Waals surface area contributed by atoms with Crippen LogP contribution in [0.5, 0.6) is 11.5 Å². The summed E-state index contributed by atoms with van der Waals surface area (Å²) in [7, 11) is 0. The van der Waals surface area contributed by atoms with Crippen molar-refractivity contribution in [1.82, 2.24) is 25.3 Å². The Kier molecular flexibility index (Phi) is 6.41. The van der Waals surface area contributed by atoms with E-state index in [9.17, 15) is 4.39 Å². The van der Waals surface area contributed by atoms with Gasteiger partial charge in [-0.05, 0) is 64.2 Å². The molecule has 36 heavy (non-hydrogen) atoms. The van der Waals surface area contributed by atoms with E-state index in [1.807, 2.05) is 0 Å². The zero-order chi connectivity index (χ0) is 25.5. The SMILES string of the molecule is CC(C)c1ncncc1-c1cc(F)ccc1Oc1cncnc1N1CC2(CCC(NC(C)(C)C)C2)C1. The van der Waals surface area contributed by atoms with Gasteiger partial charge >= 0.3 is 0 Å². The first-order valence-electron chi connectivity index (χ1n) is 12.7. The van der Waals surface area contributed by atoms with Gasteiger partial charge in [-0.3, -0.25) is 0 Å². The maximum atomic E-state index is 14.3. The molecule has 0 bridgehead atoms. The van der Waals surface area contributed by atoms with E-state index in [0.29, 0.717) is 28.5 Å². The predicted molar refractivity (Wildman–Crippen MR) is 139 cm³/mol. The highest BCUT2D eigenvalue weighted by Crippen LogP contribution is 2.49. The molecule has 3 aromatic rings. The molecular formula is C28H35FN6O. The van der Waals surface area contributed by atoms with Crippen molar-refractivity contribution in [2.75, 3.05) is 18.0 Å². The van der Waals surface area contributed by atoms with Crippen molar-refractivity contribution in [3.8, 4) is 22.6 Å². The van der Waals surface area contributed by atoms with Crippen LogP contribution < -0.4 is 15.0 Å². The Labute approximate surface area is 212 Å². The van der Waals surface area contributed by atoms with Crippen LogP contribution in [-0.2, 0) is 0 Å². The number of halogens is 1. The fourth-order valence-electron chi connectivity index (χ4n) is 5.69. The van der Waals surface area contributed by atoms with Crippen LogP contribution in [0.25, 0.3) is 11.1 Å². The van der Waals surface area contributed by atoms with Crippen LogP contribution >= 0.6 is 0 Å². The van der Waals surface area contributed by atoms with E-state index in [-0.39, 0.29) is 17.3 Å². The lowest BCUT2D eigenvalue weighted by Crippen LogP contribution is -2.56. The number of ether oxygens (including phenoxy) is 1. The molecule has 5 rings (SSSR count). The Hall–Kier alpha value is -3.13. The van der Waals surface area contributed by atoms with Gasteiger partial charge in [-0.25, -0.2) is 24.3 Å². The highest BCUT2D eigenvalue weighted by atomic mass is 19.1. The number of benzene rings is 1. The summed E-state index contributed by atoms with van der Waals surface area (Å²) in [5.74, 6) is 1.66. The van der Waals surface area contributed by atoms with E-state index in [2.05, 4.69) is 64.8 Å². The van der Waals surface area contributed by atoms with Crippen LogP contribution in [-0.4, -0.2) is 44.6 Å². The molecule has 1 saturated carbocycles. The summed E-state index contributed by atoms with van der Waals surface area (Å²) in [5.41, 5.74) is 2.65. The maximum Gasteiger partial charge on any atom is 0.188 e. The molecule has 0 radical (unpaired) electrons. The molecule has 2 aliphatic rings. The number of rotatable bonds is 6. The van der Waals surface area contributed by atoms with Gasteiger partial charge in [0.25, 0.3) is 0 Å². The Bertz CT molecular complexity index is 1230. The van der Waals surface area contributed by atoms with Crippen molar-refractivity contribution >= 4 is 5.82 Å². The minimum absolute atomic E-state index is 0.124. The van der Waals surface area contributed by atoms with E-state index >= 15 is 0 Å². The highest BCUT2D eigenvalue weighted by molar-refractivity contribution is 5.73. The molecule has 1 aromatic carbocycles. The zero-order valence-electron chi connectivity index (χ0n) is 21.8. The molecule has 0 amide bonds. The summed E-state index contributed by atoms with van der Waals surface area (Å²) in [5, 5.41) is 3.77. The highest BCUT2D eigenvalue weighted by Gasteiger charge is 2.49. The van der Waals surface area contributed by atoms with E-state index in [4.69, 9.17) is 4.74 Å². The first-order chi connectivity index (χ1) is 17.1. The van der Waals surface area contributed by atoms with Gasteiger partial charge in [0.2, 0.25) is 0 Å². The molecule has 2 aromatic heterocycles. The Balaban J connectivity index is 1.38. The van der Waals surface area contributed by atoms with Gasteiger partial charge in [-0.15, -0.1) is 0 Å². The summed E-state index contributed by atoms with van der Waals surface area (Å²) in [4.78, 5) is 19.7. The van der Waals surface area contributed by atoms with Crippen LogP contribution in [0.15, 0.2) is 43.2 Å². The number of nitrogens with one attached hydrogen (secondary N) is 1.